The Labute approximate surface area is 104 Å². The predicted molar refractivity (Wildman–Crippen MR) is 65.1 cm³/mol. The van der Waals surface area contributed by atoms with Crippen LogP contribution in [0.5, 0.6) is 0 Å². The van der Waals surface area contributed by atoms with E-state index in [1.54, 1.807) is 0 Å². The number of hydrogen-bond donors (Lipinski definition) is 4. The highest BCUT2D eigenvalue weighted by atomic mass is 16.9. The van der Waals surface area contributed by atoms with Gasteiger partial charge < -0.3 is 11.5 Å². The first-order chi connectivity index (χ1) is 8.50. The molecule has 2 rings (SSSR count). The van der Waals surface area contributed by atoms with E-state index in [-0.39, 0.29) is 12.0 Å². The van der Waals surface area contributed by atoms with Crippen molar-refractivity contribution in [3.05, 3.63) is 40.3 Å². The van der Waals surface area contributed by atoms with Crippen LogP contribution in [0.25, 0.3) is 0 Å². The van der Waals surface area contributed by atoms with Crippen LogP contribution < -0.4 is 11.5 Å². The molecule has 0 aliphatic heterocycles. The van der Waals surface area contributed by atoms with E-state index in [0.29, 0.717) is 0 Å². The standard InChI is InChI=1S/C11H15N3.H2NO3/c12-11(13)14-10-7-3-5-8-4-1-2-6-9(8)10;2-1(3)4/h1-2,4,6,10H,3,5,7H2,(H4,12,13,14);(H2,2,3,4)/q;+1. The molecule has 1 aliphatic rings. The molecule has 0 radical (unpaired) electrons. The SMILES string of the molecule is NC(N)=NC1CCCc2ccccc21.O=[N+](O)O. The molecule has 1 atom stereocenters. The molecule has 7 nitrogen and oxygen atoms in total. The van der Waals surface area contributed by atoms with Crippen LogP contribution in [0.1, 0.15) is 30.0 Å². The molecule has 0 heterocycles. The summed E-state index contributed by atoms with van der Waals surface area (Å²) in [6.45, 7) is 0. The van der Waals surface area contributed by atoms with Crippen LogP contribution in [0, 0.1) is 4.91 Å². The lowest BCUT2D eigenvalue weighted by Gasteiger charge is -2.22. The molecule has 1 unspecified atom stereocenters. The van der Waals surface area contributed by atoms with Gasteiger partial charge in [0.1, 0.15) is 4.91 Å². The first kappa shape index (κ1) is 13.8. The summed E-state index contributed by atoms with van der Waals surface area (Å²) in [5.41, 5.74) is 13.5. The Kier molecular flexibility index (Phi) is 4.91. The number of guanidine groups is 1. The minimum Gasteiger partial charge on any atom is -0.370 e. The average molecular weight is 253 g/mol. The second-order valence-corrected chi connectivity index (χ2v) is 3.91. The lowest BCUT2D eigenvalue weighted by molar-refractivity contribution is -0.969. The van der Waals surface area contributed by atoms with Crippen LogP contribution in [-0.4, -0.2) is 21.5 Å². The van der Waals surface area contributed by atoms with Gasteiger partial charge in [-0.15, -0.1) is 0 Å². The van der Waals surface area contributed by atoms with Gasteiger partial charge >= 0.3 is 5.09 Å². The van der Waals surface area contributed by atoms with Crippen LogP contribution in [0.4, 0.5) is 0 Å². The van der Waals surface area contributed by atoms with Crippen LogP contribution in [-0.2, 0) is 6.42 Å². The van der Waals surface area contributed by atoms with Gasteiger partial charge in [0.05, 0.1) is 6.04 Å². The molecule has 98 valence electrons. The number of nitrogens with two attached hydrogens (primary N) is 2. The largest absolute Gasteiger partial charge is 0.472 e. The second kappa shape index (κ2) is 6.43. The lowest BCUT2D eigenvalue weighted by atomic mass is 9.88. The van der Waals surface area contributed by atoms with Gasteiger partial charge in [0.15, 0.2) is 5.96 Å². The third-order valence-corrected chi connectivity index (χ3v) is 2.64. The fourth-order valence-corrected chi connectivity index (χ4v) is 2.04. The van der Waals surface area contributed by atoms with E-state index in [1.165, 1.54) is 17.5 Å². The Balaban J connectivity index is 0.000000357. The molecule has 0 spiro atoms. The topological polar surface area (TPSA) is 125 Å². The van der Waals surface area contributed by atoms with Gasteiger partial charge in [0.2, 0.25) is 0 Å². The fraction of sp³-hybridized carbons (Fsp3) is 0.364. The normalized spacial score (nSPS) is 16.8. The van der Waals surface area contributed by atoms with Crippen LogP contribution in [0.3, 0.4) is 0 Å². The molecular weight excluding hydrogens is 236 g/mol. The van der Waals surface area contributed by atoms with Gasteiger partial charge in [-0.05, 0) is 30.4 Å². The van der Waals surface area contributed by atoms with E-state index in [9.17, 15) is 0 Å². The molecule has 0 fully saturated rings. The first-order valence-electron chi connectivity index (χ1n) is 5.52. The molecule has 6 N–H and O–H groups in total. The summed E-state index contributed by atoms with van der Waals surface area (Å²) in [6, 6.07) is 8.55. The van der Waals surface area contributed by atoms with E-state index in [2.05, 4.69) is 23.2 Å². The molecule has 1 aromatic rings. The van der Waals surface area contributed by atoms with Gasteiger partial charge in [-0.2, -0.15) is 0 Å². The number of aliphatic imine (C=N–C) groups is 1. The minimum atomic E-state index is -1.25. The summed E-state index contributed by atoms with van der Waals surface area (Å²) in [5.74, 6) is 0.187. The molecule has 0 amide bonds. The fourth-order valence-electron chi connectivity index (χ4n) is 2.04. The van der Waals surface area contributed by atoms with Crippen molar-refractivity contribution in [2.45, 2.75) is 25.3 Å². The van der Waals surface area contributed by atoms with Gasteiger partial charge in [-0.3, -0.25) is 0 Å². The Morgan fingerprint density at radius 1 is 1.33 bits per heavy atom. The Hall–Kier alpha value is -2.31. The number of nitrogens with zero attached hydrogens (tertiary/aromatic N) is 2. The van der Waals surface area contributed by atoms with Crippen molar-refractivity contribution in [1.29, 1.82) is 0 Å². The zero-order valence-electron chi connectivity index (χ0n) is 9.86. The Morgan fingerprint density at radius 2 is 1.94 bits per heavy atom. The maximum atomic E-state index is 8.47. The molecule has 1 aliphatic carbocycles. The van der Waals surface area contributed by atoms with Gasteiger partial charge in [-0.25, -0.2) is 15.4 Å². The Bertz CT molecular complexity index is 440. The number of aryl methyl sites for hydroxylation is 1. The van der Waals surface area contributed by atoms with Gasteiger partial charge in [0, 0.05) is 0 Å². The van der Waals surface area contributed by atoms with Crippen molar-refractivity contribution in [2.75, 3.05) is 0 Å². The van der Waals surface area contributed by atoms with E-state index in [0.717, 1.165) is 12.8 Å². The maximum Gasteiger partial charge on any atom is 0.472 e. The van der Waals surface area contributed by atoms with Crippen molar-refractivity contribution in [1.82, 2.24) is 0 Å². The third kappa shape index (κ3) is 4.28. The van der Waals surface area contributed by atoms with Crippen molar-refractivity contribution in [2.24, 2.45) is 16.5 Å². The van der Waals surface area contributed by atoms with E-state index >= 15 is 0 Å². The molecule has 0 aromatic heterocycles. The molecule has 0 saturated carbocycles. The number of fused-ring (bicyclic) bond motifs is 1. The number of benzene rings is 1. The number of hydrogen-bond acceptors (Lipinski definition) is 2. The van der Waals surface area contributed by atoms with E-state index in [4.69, 9.17) is 26.8 Å². The summed E-state index contributed by atoms with van der Waals surface area (Å²) in [5, 5.41) is 12.5. The van der Waals surface area contributed by atoms with Crippen molar-refractivity contribution >= 4 is 5.96 Å². The summed E-state index contributed by atoms with van der Waals surface area (Å²) in [6.07, 6.45) is 3.36. The molecule has 18 heavy (non-hydrogen) atoms. The van der Waals surface area contributed by atoms with Gasteiger partial charge in [-0.1, -0.05) is 24.3 Å². The summed E-state index contributed by atoms with van der Waals surface area (Å²) >= 11 is 0. The minimum absolute atomic E-state index is 0.171. The summed E-state index contributed by atoms with van der Waals surface area (Å²) in [4.78, 5) is 12.7. The highest BCUT2D eigenvalue weighted by molar-refractivity contribution is 5.76. The Morgan fingerprint density at radius 3 is 2.56 bits per heavy atom. The van der Waals surface area contributed by atoms with Crippen molar-refractivity contribution in [3.63, 3.8) is 0 Å². The quantitative estimate of drug-likeness (QED) is 0.336. The maximum absolute atomic E-state index is 8.47. The van der Waals surface area contributed by atoms with Crippen molar-refractivity contribution < 1.29 is 15.5 Å². The monoisotopic (exact) mass is 253 g/mol. The summed E-state index contributed by atoms with van der Waals surface area (Å²) in [7, 11) is 0. The molecule has 0 saturated heterocycles. The smallest absolute Gasteiger partial charge is 0.370 e. The zero-order valence-corrected chi connectivity index (χ0v) is 9.86. The van der Waals surface area contributed by atoms with Gasteiger partial charge in [0.25, 0.3) is 0 Å². The second-order valence-electron chi connectivity index (χ2n) is 3.91. The zero-order chi connectivity index (χ0) is 13.5. The molecule has 1 aromatic carbocycles. The molecule has 0 bridgehead atoms. The predicted octanol–water partition coefficient (Wildman–Crippen LogP) is 0.881. The number of rotatable bonds is 1. The lowest BCUT2D eigenvalue weighted by Crippen LogP contribution is -2.24. The highest BCUT2D eigenvalue weighted by Crippen LogP contribution is 2.31. The average Bonchev–Trinajstić information content (AvgIpc) is 2.28. The van der Waals surface area contributed by atoms with E-state index < -0.39 is 5.09 Å². The molecule has 7 heteroatoms. The van der Waals surface area contributed by atoms with Crippen LogP contribution >= 0.6 is 0 Å². The van der Waals surface area contributed by atoms with Crippen LogP contribution in [0.2, 0.25) is 0 Å². The third-order valence-electron chi connectivity index (χ3n) is 2.64. The summed E-state index contributed by atoms with van der Waals surface area (Å²) < 4.78 is 0. The van der Waals surface area contributed by atoms with Crippen LogP contribution in [0.15, 0.2) is 29.3 Å². The first-order valence-corrected chi connectivity index (χ1v) is 5.52. The highest BCUT2D eigenvalue weighted by Gasteiger charge is 2.18. The van der Waals surface area contributed by atoms with E-state index in [1.807, 2.05) is 6.07 Å². The molecular formula is C11H17N4O3+. The van der Waals surface area contributed by atoms with Crippen molar-refractivity contribution in [3.8, 4) is 0 Å².